The fourth-order valence-electron chi connectivity index (χ4n) is 2.65. The molecule has 1 fully saturated rings. The van der Waals surface area contributed by atoms with Crippen LogP contribution in [0, 0.1) is 5.92 Å². The van der Waals surface area contributed by atoms with E-state index in [0.29, 0.717) is 18.0 Å². The minimum Gasteiger partial charge on any atom is -0.373 e. The molecule has 3 rings (SSSR count). The molecule has 4 nitrogen and oxygen atoms in total. The monoisotopic (exact) mass is 270 g/mol. The number of rotatable bonds is 4. The maximum atomic E-state index is 11.9. The summed E-state index contributed by atoms with van der Waals surface area (Å²) in [6, 6.07) is 12.0. The van der Waals surface area contributed by atoms with Gasteiger partial charge in [-0.05, 0) is 18.1 Å². The molecule has 1 amide bonds. The van der Waals surface area contributed by atoms with Crippen LogP contribution in [0.3, 0.4) is 0 Å². The molecule has 2 N–H and O–H groups in total. The lowest BCUT2D eigenvalue weighted by Crippen LogP contribution is -2.30. The predicted octanol–water partition coefficient (Wildman–Crippen LogP) is 2.52. The minimum absolute atomic E-state index is 0.0371. The molecule has 1 aliphatic rings. The lowest BCUT2D eigenvalue weighted by molar-refractivity contribution is 0.0846. The molecule has 0 aliphatic carbocycles. The van der Waals surface area contributed by atoms with Crippen molar-refractivity contribution in [1.82, 2.24) is 10.3 Å². The van der Waals surface area contributed by atoms with Crippen molar-refractivity contribution in [2.75, 3.05) is 13.2 Å². The zero-order valence-corrected chi connectivity index (χ0v) is 11.2. The third-order valence-corrected chi connectivity index (χ3v) is 3.73. The highest BCUT2D eigenvalue weighted by molar-refractivity contribution is 5.93. The first-order valence-electron chi connectivity index (χ1n) is 6.92. The molecule has 0 unspecified atom stereocenters. The Hall–Kier alpha value is -2.07. The number of aromatic amines is 1. The summed E-state index contributed by atoms with van der Waals surface area (Å²) < 4.78 is 5.82. The Labute approximate surface area is 118 Å². The van der Waals surface area contributed by atoms with Crippen LogP contribution in [0.2, 0.25) is 0 Å². The Morgan fingerprint density at radius 3 is 2.90 bits per heavy atom. The van der Waals surface area contributed by atoms with Crippen LogP contribution in [0.1, 0.15) is 28.4 Å². The molecule has 1 aromatic heterocycles. The first-order valence-corrected chi connectivity index (χ1v) is 6.92. The highest BCUT2D eigenvalue weighted by Gasteiger charge is 2.29. The number of hydrogen-bond donors (Lipinski definition) is 2. The van der Waals surface area contributed by atoms with Crippen LogP contribution in [0.25, 0.3) is 0 Å². The smallest absolute Gasteiger partial charge is 0.252 e. The van der Waals surface area contributed by atoms with Crippen LogP contribution in [-0.2, 0) is 4.74 Å². The van der Waals surface area contributed by atoms with E-state index in [0.717, 1.165) is 13.0 Å². The Morgan fingerprint density at radius 1 is 1.30 bits per heavy atom. The number of carbonyl (C=O) groups is 1. The van der Waals surface area contributed by atoms with Crippen LogP contribution in [0.15, 0.2) is 48.8 Å². The third kappa shape index (κ3) is 2.75. The van der Waals surface area contributed by atoms with Crippen molar-refractivity contribution in [1.29, 1.82) is 0 Å². The molecule has 2 atom stereocenters. The van der Waals surface area contributed by atoms with Crippen LogP contribution in [-0.4, -0.2) is 24.0 Å². The van der Waals surface area contributed by atoms with Gasteiger partial charge < -0.3 is 15.0 Å². The van der Waals surface area contributed by atoms with Crippen LogP contribution >= 0.6 is 0 Å². The van der Waals surface area contributed by atoms with Crippen molar-refractivity contribution in [2.45, 2.75) is 12.5 Å². The number of carbonyl (C=O) groups excluding carboxylic acids is 1. The van der Waals surface area contributed by atoms with Gasteiger partial charge in [0.2, 0.25) is 0 Å². The van der Waals surface area contributed by atoms with Gasteiger partial charge in [0, 0.05) is 31.5 Å². The Morgan fingerprint density at radius 2 is 2.15 bits per heavy atom. The Balaban J connectivity index is 1.61. The zero-order valence-electron chi connectivity index (χ0n) is 11.2. The van der Waals surface area contributed by atoms with E-state index >= 15 is 0 Å². The average Bonchev–Trinajstić information content (AvgIpc) is 3.17. The van der Waals surface area contributed by atoms with E-state index in [1.54, 1.807) is 18.5 Å². The van der Waals surface area contributed by atoms with E-state index < -0.39 is 0 Å². The summed E-state index contributed by atoms with van der Waals surface area (Å²) in [5, 5.41) is 2.99. The highest BCUT2D eigenvalue weighted by atomic mass is 16.5. The van der Waals surface area contributed by atoms with Crippen molar-refractivity contribution < 1.29 is 9.53 Å². The summed E-state index contributed by atoms with van der Waals surface area (Å²) in [6.07, 6.45) is 4.52. The van der Waals surface area contributed by atoms with Gasteiger partial charge in [0.1, 0.15) is 0 Å². The van der Waals surface area contributed by atoms with Gasteiger partial charge >= 0.3 is 0 Å². The average molecular weight is 270 g/mol. The van der Waals surface area contributed by atoms with Gasteiger partial charge in [0.05, 0.1) is 11.7 Å². The van der Waals surface area contributed by atoms with Gasteiger partial charge in [-0.1, -0.05) is 30.3 Å². The van der Waals surface area contributed by atoms with Gasteiger partial charge in [-0.15, -0.1) is 0 Å². The van der Waals surface area contributed by atoms with E-state index in [4.69, 9.17) is 4.74 Å². The van der Waals surface area contributed by atoms with Gasteiger partial charge in [-0.25, -0.2) is 0 Å². The number of nitrogens with one attached hydrogen (secondary N) is 2. The largest absolute Gasteiger partial charge is 0.373 e. The van der Waals surface area contributed by atoms with Gasteiger partial charge in [0.25, 0.3) is 5.91 Å². The van der Waals surface area contributed by atoms with Crippen LogP contribution in [0.4, 0.5) is 0 Å². The normalized spacial score (nSPS) is 21.8. The topological polar surface area (TPSA) is 54.1 Å². The van der Waals surface area contributed by atoms with Crippen molar-refractivity contribution >= 4 is 5.91 Å². The first kappa shape index (κ1) is 12.9. The lowest BCUT2D eigenvalue weighted by atomic mass is 9.95. The second-order valence-corrected chi connectivity index (χ2v) is 5.06. The third-order valence-electron chi connectivity index (χ3n) is 3.73. The van der Waals surface area contributed by atoms with E-state index in [1.807, 2.05) is 18.2 Å². The minimum atomic E-state index is -0.0371. The molecule has 0 bridgehead atoms. The number of hydrogen-bond acceptors (Lipinski definition) is 2. The molecule has 20 heavy (non-hydrogen) atoms. The second-order valence-electron chi connectivity index (χ2n) is 5.06. The molecule has 1 saturated heterocycles. The van der Waals surface area contributed by atoms with Gasteiger partial charge in [0.15, 0.2) is 0 Å². The predicted molar refractivity (Wildman–Crippen MR) is 76.4 cm³/mol. The summed E-state index contributed by atoms with van der Waals surface area (Å²) in [7, 11) is 0. The number of amides is 1. The summed E-state index contributed by atoms with van der Waals surface area (Å²) >= 11 is 0. The molecule has 0 saturated carbocycles. The number of aromatic nitrogens is 1. The zero-order chi connectivity index (χ0) is 13.8. The second kappa shape index (κ2) is 5.92. The molecule has 0 spiro atoms. The van der Waals surface area contributed by atoms with Crippen LogP contribution in [0.5, 0.6) is 0 Å². The van der Waals surface area contributed by atoms with Crippen molar-refractivity contribution in [3.8, 4) is 0 Å². The molecule has 4 heteroatoms. The van der Waals surface area contributed by atoms with Crippen molar-refractivity contribution in [2.24, 2.45) is 5.92 Å². The number of benzene rings is 1. The van der Waals surface area contributed by atoms with E-state index in [2.05, 4.69) is 22.4 Å². The van der Waals surface area contributed by atoms with E-state index in [1.165, 1.54) is 5.56 Å². The molecule has 1 aliphatic heterocycles. The maximum absolute atomic E-state index is 11.9. The molecule has 2 heterocycles. The van der Waals surface area contributed by atoms with E-state index in [-0.39, 0.29) is 12.0 Å². The molecule has 1 aromatic carbocycles. The van der Waals surface area contributed by atoms with Gasteiger partial charge in [-0.3, -0.25) is 4.79 Å². The molecule has 104 valence electrons. The van der Waals surface area contributed by atoms with Crippen molar-refractivity contribution in [3.05, 3.63) is 59.9 Å². The molecular weight excluding hydrogens is 252 g/mol. The van der Waals surface area contributed by atoms with Crippen molar-refractivity contribution in [3.63, 3.8) is 0 Å². The highest BCUT2D eigenvalue weighted by Crippen LogP contribution is 2.33. The maximum Gasteiger partial charge on any atom is 0.252 e. The summed E-state index contributed by atoms with van der Waals surface area (Å²) in [5.41, 5.74) is 1.85. The molecule has 0 radical (unpaired) electrons. The Kier molecular flexibility index (Phi) is 3.83. The van der Waals surface area contributed by atoms with Gasteiger partial charge in [-0.2, -0.15) is 0 Å². The fourth-order valence-corrected chi connectivity index (χ4v) is 2.65. The van der Waals surface area contributed by atoms with E-state index in [9.17, 15) is 4.79 Å². The summed E-state index contributed by atoms with van der Waals surface area (Å²) in [5.74, 6) is 0.297. The SMILES string of the molecule is O=C(NC[C@@H]1CCO[C@H]1c1ccccc1)c1cc[nH]c1. The Bertz CT molecular complexity index is 551. The molecular formula is C16H18N2O2. The first-order chi connectivity index (χ1) is 9.84. The lowest BCUT2D eigenvalue weighted by Gasteiger charge is -2.19. The summed E-state index contributed by atoms with van der Waals surface area (Å²) in [6.45, 7) is 1.40. The molecule has 2 aromatic rings. The van der Waals surface area contributed by atoms with Crippen LogP contribution < -0.4 is 5.32 Å². The standard InChI is InChI=1S/C16H18N2O2/c19-16(14-6-8-17-10-14)18-11-13-7-9-20-15(13)12-4-2-1-3-5-12/h1-6,8,10,13,15,17H,7,9,11H2,(H,18,19)/t13-,15-/m0/s1. The fraction of sp³-hybridized carbons (Fsp3) is 0.312. The number of ether oxygens (including phenoxy) is 1. The quantitative estimate of drug-likeness (QED) is 0.897. The summed E-state index contributed by atoms with van der Waals surface area (Å²) in [4.78, 5) is 14.8. The number of H-pyrrole nitrogens is 1.